The third-order valence-electron chi connectivity index (χ3n) is 4.97. The predicted octanol–water partition coefficient (Wildman–Crippen LogP) is 2.10. The molecule has 2 N–H and O–H groups in total. The van der Waals surface area contributed by atoms with Gasteiger partial charge in [0.05, 0.1) is 24.2 Å². The molecule has 31 heavy (non-hydrogen) atoms. The van der Waals surface area contributed by atoms with Crippen molar-refractivity contribution in [3.05, 3.63) is 35.7 Å². The fourth-order valence-electron chi connectivity index (χ4n) is 3.32. The summed E-state index contributed by atoms with van der Waals surface area (Å²) in [5.74, 6) is 2.16. The number of thioether (sulfide) groups is 1. The van der Waals surface area contributed by atoms with Crippen molar-refractivity contribution >= 4 is 29.6 Å². The van der Waals surface area contributed by atoms with Crippen LogP contribution in [0.1, 0.15) is 23.6 Å². The van der Waals surface area contributed by atoms with Gasteiger partial charge in [0.15, 0.2) is 5.16 Å². The zero-order chi connectivity index (χ0) is 22.0. The van der Waals surface area contributed by atoms with E-state index in [1.54, 1.807) is 11.8 Å². The molecule has 3 aromatic rings. The van der Waals surface area contributed by atoms with Crippen LogP contribution in [0.5, 0.6) is 0 Å². The lowest BCUT2D eigenvalue weighted by Crippen LogP contribution is -2.38. The molecule has 0 spiro atoms. The number of aryl methyl sites for hydroxylation is 1. The number of para-hydroxylation sites is 1. The van der Waals surface area contributed by atoms with Crippen LogP contribution in [0.3, 0.4) is 0 Å². The molecule has 1 fully saturated rings. The Hall–Kier alpha value is -2.92. The molecule has 1 aliphatic rings. The van der Waals surface area contributed by atoms with E-state index < -0.39 is 0 Å². The molecule has 0 radical (unpaired) electrons. The van der Waals surface area contributed by atoms with Gasteiger partial charge in [-0.1, -0.05) is 30.0 Å². The Morgan fingerprint density at radius 3 is 2.55 bits per heavy atom. The van der Waals surface area contributed by atoms with Gasteiger partial charge in [0, 0.05) is 27.2 Å². The molecular weight excluding hydrogens is 414 g/mol. The summed E-state index contributed by atoms with van der Waals surface area (Å²) >= 11 is 1.55. The van der Waals surface area contributed by atoms with Gasteiger partial charge in [0.2, 0.25) is 17.8 Å². The van der Waals surface area contributed by atoms with Gasteiger partial charge in [0.25, 0.3) is 0 Å². The Morgan fingerprint density at radius 2 is 1.84 bits per heavy atom. The maximum atomic E-state index is 5.92. The molecule has 0 amide bonds. The molecule has 1 atom stereocenters. The second-order valence-corrected chi connectivity index (χ2v) is 8.82. The van der Waals surface area contributed by atoms with E-state index in [1.165, 1.54) is 0 Å². The molecule has 0 bridgehead atoms. The molecule has 1 unspecified atom stereocenters. The number of morpholine rings is 1. The molecule has 1 aliphatic heterocycles. The van der Waals surface area contributed by atoms with Crippen molar-refractivity contribution in [3.8, 4) is 5.69 Å². The van der Waals surface area contributed by atoms with Gasteiger partial charge in [-0.2, -0.15) is 15.0 Å². The Kier molecular flexibility index (Phi) is 6.23. The van der Waals surface area contributed by atoms with Gasteiger partial charge < -0.3 is 20.3 Å². The normalized spacial score (nSPS) is 15.2. The van der Waals surface area contributed by atoms with E-state index in [1.807, 2.05) is 38.1 Å². The van der Waals surface area contributed by atoms with Crippen molar-refractivity contribution in [3.63, 3.8) is 0 Å². The van der Waals surface area contributed by atoms with Gasteiger partial charge in [-0.15, -0.1) is 10.2 Å². The molecule has 1 aromatic carbocycles. The van der Waals surface area contributed by atoms with Crippen molar-refractivity contribution in [2.75, 3.05) is 55.9 Å². The number of hydrogen-bond acceptors (Lipinski definition) is 10. The van der Waals surface area contributed by atoms with Crippen LogP contribution < -0.4 is 15.5 Å². The first-order chi connectivity index (χ1) is 14.9. The zero-order valence-corrected chi connectivity index (χ0v) is 19.0. The summed E-state index contributed by atoms with van der Waals surface area (Å²) in [6.07, 6.45) is 0. The van der Waals surface area contributed by atoms with Crippen LogP contribution in [0, 0.1) is 6.92 Å². The molecule has 11 heteroatoms. The number of rotatable bonds is 6. The summed E-state index contributed by atoms with van der Waals surface area (Å²) in [6.45, 7) is 7.03. The molecule has 10 nitrogen and oxygen atoms in total. The first kappa shape index (κ1) is 21.3. The molecule has 2 aromatic heterocycles. The smallest absolute Gasteiger partial charge is 0.232 e. The largest absolute Gasteiger partial charge is 0.378 e. The van der Waals surface area contributed by atoms with Gasteiger partial charge in [-0.25, -0.2) is 0 Å². The van der Waals surface area contributed by atoms with Crippen LogP contribution in [-0.2, 0) is 4.74 Å². The standard InChI is InChI=1S/C20H27N9OS/c1-13-7-5-6-8-15(13)29-19(28-9-11-30-12-10-28)25-26-20(29)31-14(2)16-22-17(21)24-18(23-16)27(3)4/h5-8,14H,9-12H2,1-4H3,(H2,21,22,23,24). The van der Waals surface area contributed by atoms with E-state index in [0.29, 0.717) is 25.0 Å². The number of benzene rings is 1. The predicted molar refractivity (Wildman–Crippen MR) is 122 cm³/mol. The monoisotopic (exact) mass is 441 g/mol. The van der Waals surface area contributed by atoms with Gasteiger partial charge in [0.1, 0.15) is 5.82 Å². The lowest BCUT2D eigenvalue weighted by Gasteiger charge is -2.28. The minimum atomic E-state index is -0.103. The third-order valence-corrected chi connectivity index (χ3v) is 6.01. The quantitative estimate of drug-likeness (QED) is 0.571. The van der Waals surface area contributed by atoms with Crippen LogP contribution in [0.4, 0.5) is 17.8 Å². The maximum Gasteiger partial charge on any atom is 0.232 e. The Morgan fingerprint density at radius 1 is 1.10 bits per heavy atom. The molecule has 0 aliphatic carbocycles. The maximum absolute atomic E-state index is 5.92. The average molecular weight is 442 g/mol. The van der Waals surface area contributed by atoms with E-state index in [9.17, 15) is 0 Å². The second kappa shape index (κ2) is 9.06. The third kappa shape index (κ3) is 4.57. The molecule has 1 saturated heterocycles. The van der Waals surface area contributed by atoms with Crippen LogP contribution in [-0.4, -0.2) is 70.1 Å². The van der Waals surface area contributed by atoms with Crippen molar-refractivity contribution < 1.29 is 4.74 Å². The SMILES string of the molecule is Cc1ccccc1-n1c(SC(C)c2nc(N)nc(N(C)C)n2)nnc1N1CCOCC1. The van der Waals surface area contributed by atoms with E-state index in [-0.39, 0.29) is 11.2 Å². The van der Waals surface area contributed by atoms with Gasteiger partial charge in [-0.3, -0.25) is 4.57 Å². The van der Waals surface area contributed by atoms with E-state index >= 15 is 0 Å². The topological polar surface area (TPSA) is 111 Å². The Bertz CT molecular complexity index is 1050. The van der Waals surface area contributed by atoms with Crippen molar-refractivity contribution in [2.24, 2.45) is 0 Å². The highest BCUT2D eigenvalue weighted by molar-refractivity contribution is 7.99. The van der Waals surface area contributed by atoms with E-state index in [2.05, 4.69) is 53.7 Å². The lowest BCUT2D eigenvalue weighted by atomic mass is 10.2. The molecular formula is C20H27N9OS. The number of ether oxygens (including phenoxy) is 1. The highest BCUT2D eigenvalue weighted by Crippen LogP contribution is 2.36. The van der Waals surface area contributed by atoms with Crippen LogP contribution in [0.15, 0.2) is 29.4 Å². The molecule has 0 saturated carbocycles. The van der Waals surface area contributed by atoms with Crippen molar-refractivity contribution in [1.29, 1.82) is 0 Å². The molecule has 3 heterocycles. The summed E-state index contributed by atoms with van der Waals surface area (Å²) in [5.41, 5.74) is 8.11. The summed E-state index contributed by atoms with van der Waals surface area (Å²) in [6, 6.07) is 8.23. The van der Waals surface area contributed by atoms with Crippen LogP contribution in [0.2, 0.25) is 0 Å². The second-order valence-electron chi connectivity index (χ2n) is 7.51. The van der Waals surface area contributed by atoms with Gasteiger partial charge in [-0.05, 0) is 25.5 Å². The summed E-state index contributed by atoms with van der Waals surface area (Å²) in [7, 11) is 3.75. The zero-order valence-electron chi connectivity index (χ0n) is 18.2. The number of nitrogen functional groups attached to an aromatic ring is 1. The van der Waals surface area contributed by atoms with E-state index in [0.717, 1.165) is 35.4 Å². The van der Waals surface area contributed by atoms with Crippen molar-refractivity contribution in [1.82, 2.24) is 29.7 Å². The number of nitrogens with two attached hydrogens (primary N) is 1. The minimum Gasteiger partial charge on any atom is -0.378 e. The lowest BCUT2D eigenvalue weighted by molar-refractivity contribution is 0.122. The molecule has 4 rings (SSSR count). The Labute approximate surface area is 185 Å². The number of nitrogens with zero attached hydrogens (tertiary/aromatic N) is 8. The molecule has 164 valence electrons. The van der Waals surface area contributed by atoms with Crippen LogP contribution in [0.25, 0.3) is 5.69 Å². The average Bonchev–Trinajstić information content (AvgIpc) is 3.17. The van der Waals surface area contributed by atoms with E-state index in [4.69, 9.17) is 10.5 Å². The Balaban J connectivity index is 1.72. The highest BCUT2D eigenvalue weighted by Gasteiger charge is 2.25. The fourth-order valence-corrected chi connectivity index (χ4v) is 4.22. The van der Waals surface area contributed by atoms with Crippen LogP contribution >= 0.6 is 11.8 Å². The summed E-state index contributed by atoms with van der Waals surface area (Å²) < 4.78 is 7.63. The van der Waals surface area contributed by atoms with Crippen molar-refractivity contribution in [2.45, 2.75) is 24.3 Å². The summed E-state index contributed by atoms with van der Waals surface area (Å²) in [4.78, 5) is 17.1. The first-order valence-electron chi connectivity index (χ1n) is 10.1. The van der Waals surface area contributed by atoms with Gasteiger partial charge >= 0.3 is 0 Å². The fraction of sp³-hybridized carbons (Fsp3) is 0.450. The number of aromatic nitrogens is 6. The summed E-state index contributed by atoms with van der Waals surface area (Å²) in [5, 5.41) is 9.75. The highest BCUT2D eigenvalue weighted by atomic mass is 32.2. The first-order valence-corrected chi connectivity index (χ1v) is 11.0. The number of hydrogen-bond donors (Lipinski definition) is 1. The minimum absolute atomic E-state index is 0.103. The number of anilines is 3.